The Morgan fingerprint density at radius 1 is 1.17 bits per heavy atom. The van der Waals surface area contributed by atoms with Crippen LogP contribution in [0.2, 0.25) is 0 Å². The van der Waals surface area contributed by atoms with Gasteiger partial charge in [-0.3, -0.25) is 0 Å². The summed E-state index contributed by atoms with van der Waals surface area (Å²) in [5.41, 5.74) is 0.171. The number of benzene rings is 1. The smallest absolute Gasteiger partial charge is 0.166 e. The van der Waals surface area contributed by atoms with Crippen LogP contribution in [0.4, 0.5) is 13.2 Å². The molecule has 0 aromatic heterocycles. The normalized spacial score (nSPS) is 25.1. The molecule has 1 aromatic rings. The van der Waals surface area contributed by atoms with Crippen LogP contribution in [-0.2, 0) is 12.6 Å². The van der Waals surface area contributed by atoms with Gasteiger partial charge in [0.1, 0.15) is 0 Å². The molecule has 2 atom stereocenters. The first-order valence-corrected chi connectivity index (χ1v) is 6.70. The molecule has 0 amide bonds. The van der Waals surface area contributed by atoms with Gasteiger partial charge < -0.3 is 0 Å². The fraction of sp³-hybridized carbons (Fsp3) is 0.571. The Kier molecular flexibility index (Phi) is 4.21. The molecule has 0 nitrogen and oxygen atoms in total. The van der Waals surface area contributed by atoms with Gasteiger partial charge in [-0.05, 0) is 36.8 Å². The first-order chi connectivity index (χ1) is 8.47. The highest BCUT2D eigenvalue weighted by molar-refractivity contribution is 6.20. The Morgan fingerprint density at radius 2 is 1.89 bits per heavy atom. The summed E-state index contributed by atoms with van der Waals surface area (Å²) in [6, 6.07) is 5.60. The largest absolute Gasteiger partial charge is 0.416 e. The topological polar surface area (TPSA) is 0 Å². The van der Waals surface area contributed by atoms with Gasteiger partial charge in [0.15, 0.2) is 0 Å². The molecule has 1 aromatic carbocycles. The second-order valence-corrected chi connectivity index (χ2v) is 5.52. The highest BCUT2D eigenvalue weighted by Crippen LogP contribution is 2.33. The molecule has 0 aliphatic heterocycles. The Labute approximate surface area is 110 Å². The highest BCUT2D eigenvalue weighted by atomic mass is 35.5. The molecule has 1 saturated carbocycles. The zero-order chi connectivity index (χ0) is 13.2. The zero-order valence-corrected chi connectivity index (χ0v) is 10.8. The van der Waals surface area contributed by atoms with E-state index >= 15 is 0 Å². The van der Waals surface area contributed by atoms with Crippen molar-refractivity contribution in [3.8, 4) is 0 Å². The van der Waals surface area contributed by atoms with Crippen LogP contribution in [0.25, 0.3) is 0 Å². The molecule has 2 unspecified atom stereocenters. The van der Waals surface area contributed by atoms with Crippen LogP contribution in [0.1, 0.15) is 36.8 Å². The second-order valence-electron chi connectivity index (χ2n) is 4.96. The van der Waals surface area contributed by atoms with E-state index in [0.717, 1.165) is 37.3 Å². The highest BCUT2D eigenvalue weighted by Gasteiger charge is 2.31. The molecule has 1 aliphatic rings. The van der Waals surface area contributed by atoms with Crippen molar-refractivity contribution in [1.82, 2.24) is 0 Å². The van der Waals surface area contributed by atoms with Crippen LogP contribution in [-0.4, -0.2) is 5.38 Å². The molecule has 0 saturated heterocycles. The van der Waals surface area contributed by atoms with Gasteiger partial charge in [-0.1, -0.05) is 31.0 Å². The zero-order valence-electron chi connectivity index (χ0n) is 10.0. The summed E-state index contributed by atoms with van der Waals surface area (Å²) in [5, 5.41) is 0.105. The quantitative estimate of drug-likeness (QED) is 0.664. The molecule has 100 valence electrons. The van der Waals surface area contributed by atoms with Gasteiger partial charge in [-0.25, -0.2) is 0 Å². The number of hydrogen-bond donors (Lipinski definition) is 0. The molecule has 18 heavy (non-hydrogen) atoms. The van der Waals surface area contributed by atoms with Crippen LogP contribution < -0.4 is 0 Å². The summed E-state index contributed by atoms with van der Waals surface area (Å²) in [6.45, 7) is 0. The van der Waals surface area contributed by atoms with Gasteiger partial charge in [0.25, 0.3) is 0 Å². The van der Waals surface area contributed by atoms with E-state index in [0.29, 0.717) is 12.3 Å². The molecule has 4 heteroatoms. The monoisotopic (exact) mass is 276 g/mol. The standard InChI is InChI=1S/C14H16ClF3/c15-13-7-2-1-5-11(13)8-10-4-3-6-12(9-10)14(16,17)18/h3-4,6,9,11,13H,1-2,5,7-8H2. The number of rotatable bonds is 2. The first-order valence-electron chi connectivity index (χ1n) is 6.27. The number of halogens is 4. The Balaban J connectivity index is 2.09. The van der Waals surface area contributed by atoms with E-state index < -0.39 is 11.7 Å². The van der Waals surface area contributed by atoms with Crippen LogP contribution in [0.3, 0.4) is 0 Å². The minimum absolute atomic E-state index is 0.105. The average molecular weight is 277 g/mol. The van der Waals surface area contributed by atoms with E-state index in [4.69, 9.17) is 11.6 Å². The van der Waals surface area contributed by atoms with E-state index in [1.165, 1.54) is 12.1 Å². The summed E-state index contributed by atoms with van der Waals surface area (Å²) in [6.07, 6.45) is 0.650. The van der Waals surface area contributed by atoms with Crippen molar-refractivity contribution in [3.63, 3.8) is 0 Å². The molecule has 0 N–H and O–H groups in total. The summed E-state index contributed by atoms with van der Waals surface area (Å²) in [7, 11) is 0. The van der Waals surface area contributed by atoms with Crippen molar-refractivity contribution in [2.24, 2.45) is 5.92 Å². The fourth-order valence-electron chi connectivity index (χ4n) is 2.57. The summed E-state index contributed by atoms with van der Waals surface area (Å²) < 4.78 is 37.8. The van der Waals surface area contributed by atoms with Crippen molar-refractivity contribution in [1.29, 1.82) is 0 Å². The Bertz CT molecular complexity index is 400. The third kappa shape index (κ3) is 3.41. The predicted octanol–water partition coefficient (Wildman–Crippen LogP) is 5.05. The molecular formula is C14H16ClF3. The third-order valence-electron chi connectivity index (χ3n) is 3.57. The molecule has 0 bridgehead atoms. The maximum Gasteiger partial charge on any atom is 0.416 e. The summed E-state index contributed by atoms with van der Waals surface area (Å²) >= 11 is 6.24. The molecule has 0 heterocycles. The van der Waals surface area contributed by atoms with Gasteiger partial charge in [0.05, 0.1) is 5.56 Å². The minimum atomic E-state index is -4.26. The first kappa shape index (κ1) is 13.7. The van der Waals surface area contributed by atoms with Crippen molar-refractivity contribution < 1.29 is 13.2 Å². The lowest BCUT2D eigenvalue weighted by molar-refractivity contribution is -0.137. The number of alkyl halides is 4. The van der Waals surface area contributed by atoms with Crippen LogP contribution >= 0.6 is 11.6 Å². The predicted molar refractivity (Wildman–Crippen MR) is 66.7 cm³/mol. The van der Waals surface area contributed by atoms with Crippen molar-refractivity contribution in [3.05, 3.63) is 35.4 Å². The maximum atomic E-state index is 12.6. The summed E-state index contributed by atoms with van der Waals surface area (Å²) in [5.74, 6) is 0.309. The van der Waals surface area contributed by atoms with Crippen LogP contribution in [0.5, 0.6) is 0 Å². The van der Waals surface area contributed by atoms with Crippen molar-refractivity contribution in [2.75, 3.05) is 0 Å². The SMILES string of the molecule is FC(F)(F)c1cccc(CC2CCCCC2Cl)c1. The van der Waals surface area contributed by atoms with Crippen LogP contribution in [0.15, 0.2) is 24.3 Å². The lowest BCUT2D eigenvalue weighted by Crippen LogP contribution is -2.21. The molecule has 1 aliphatic carbocycles. The molecule has 2 rings (SSSR count). The minimum Gasteiger partial charge on any atom is -0.166 e. The van der Waals surface area contributed by atoms with E-state index in [1.54, 1.807) is 6.07 Å². The van der Waals surface area contributed by atoms with Gasteiger partial charge >= 0.3 is 6.18 Å². The lowest BCUT2D eigenvalue weighted by Gasteiger charge is -2.27. The van der Waals surface area contributed by atoms with E-state index in [-0.39, 0.29) is 5.38 Å². The molecule has 1 fully saturated rings. The van der Waals surface area contributed by atoms with Gasteiger partial charge in [0.2, 0.25) is 0 Å². The van der Waals surface area contributed by atoms with E-state index in [1.807, 2.05) is 0 Å². The lowest BCUT2D eigenvalue weighted by atomic mass is 9.84. The van der Waals surface area contributed by atoms with Crippen LogP contribution in [0, 0.1) is 5.92 Å². The second kappa shape index (κ2) is 5.52. The van der Waals surface area contributed by atoms with Gasteiger partial charge in [0, 0.05) is 5.38 Å². The van der Waals surface area contributed by atoms with Gasteiger partial charge in [-0.2, -0.15) is 13.2 Å². The molecule has 0 radical (unpaired) electrons. The fourth-order valence-corrected chi connectivity index (χ4v) is 2.94. The van der Waals surface area contributed by atoms with Gasteiger partial charge in [-0.15, -0.1) is 11.6 Å². The summed E-state index contributed by atoms with van der Waals surface area (Å²) in [4.78, 5) is 0. The van der Waals surface area contributed by atoms with Crippen molar-refractivity contribution >= 4 is 11.6 Å². The van der Waals surface area contributed by atoms with Crippen molar-refractivity contribution in [2.45, 2.75) is 43.7 Å². The number of hydrogen-bond acceptors (Lipinski definition) is 0. The Hall–Kier alpha value is -0.700. The average Bonchev–Trinajstić information content (AvgIpc) is 2.31. The molecular weight excluding hydrogens is 261 g/mol. The third-order valence-corrected chi connectivity index (χ3v) is 4.14. The molecule has 0 spiro atoms. The maximum absolute atomic E-state index is 12.6. The Morgan fingerprint density at radius 3 is 2.56 bits per heavy atom. The van der Waals surface area contributed by atoms with E-state index in [9.17, 15) is 13.2 Å². The van der Waals surface area contributed by atoms with E-state index in [2.05, 4.69) is 0 Å².